The van der Waals surface area contributed by atoms with E-state index in [-0.39, 0.29) is 53.3 Å². The number of benzene rings is 3. The van der Waals surface area contributed by atoms with E-state index in [0.29, 0.717) is 17.6 Å². The van der Waals surface area contributed by atoms with Crippen LogP contribution in [0.3, 0.4) is 0 Å². The molecule has 1 amide bonds. The SMILES string of the molecule is CC(C)[C@H]1C(=O)N2C(C(=O)OC(=O)c3ccc([N+](=O)[O-])cc3)=C(COc3cccc4c(C[N+](C)(C)CC[N+]5(C)CCOCC5)cccc34)[C@H](C)[C@H]12.CS(=O)(=O)[O-].O=S(=O)([O-])C(F)(F)F. The number of β-lactam (4-membered cyclic amide) rings is 1. The highest BCUT2D eigenvalue weighted by Crippen LogP contribution is 2.49. The second-order valence-electron chi connectivity index (χ2n) is 17.0. The predicted octanol–water partition coefficient (Wildman–Crippen LogP) is 4.16. The van der Waals surface area contributed by atoms with Crippen LogP contribution >= 0.6 is 0 Å². The number of quaternary nitrogens is 2. The molecule has 0 spiro atoms. The monoisotopic (exact) mass is 944 g/mol. The standard InChI is InChI=1S/C39H48N4O8.CHF3O3S.CH4O3S/c1-25(2)34-35-26(3)32(36(40(35)37(34)44)39(46)51-38(45)27-13-15-29(16-14-27)41(47)48)24-50-33-12-8-10-30-28(9-7-11-31(30)33)23-42(4,5)17-18-43(6)19-21-49-22-20-43;2-1(3,4)8(5,6)7;1-5(2,3)4/h7-16,25-26,34-35H,17-24H2,1-6H3;(H,5,6,7);1H3,(H,2,3,4)/q+2;;/p-2/t26-,34+,35+;;/m0../s1. The van der Waals surface area contributed by atoms with Crippen LogP contribution in [0.1, 0.15) is 36.7 Å². The van der Waals surface area contributed by atoms with Crippen molar-refractivity contribution in [3.63, 3.8) is 0 Å². The van der Waals surface area contributed by atoms with Gasteiger partial charge in [-0.1, -0.05) is 51.1 Å². The summed E-state index contributed by atoms with van der Waals surface area (Å²) in [6.07, 6.45) is 0.604. The van der Waals surface area contributed by atoms with E-state index in [1.165, 1.54) is 34.7 Å². The number of non-ortho nitro benzene ring substituents is 1. The number of amides is 1. The van der Waals surface area contributed by atoms with Gasteiger partial charge >= 0.3 is 17.4 Å². The summed E-state index contributed by atoms with van der Waals surface area (Å²) in [5, 5.41) is 13.1. The Kier molecular flexibility index (Phi) is 16.1. The van der Waals surface area contributed by atoms with Crippen molar-refractivity contribution >= 4 is 54.5 Å². The lowest BCUT2D eigenvalue weighted by Crippen LogP contribution is -2.62. The van der Waals surface area contributed by atoms with E-state index < -0.39 is 42.6 Å². The van der Waals surface area contributed by atoms with Crippen molar-refractivity contribution in [2.75, 3.05) is 73.4 Å². The zero-order valence-corrected chi connectivity index (χ0v) is 37.8. The van der Waals surface area contributed by atoms with Crippen molar-refractivity contribution in [1.82, 2.24) is 4.90 Å². The molecule has 0 saturated carbocycles. The molecule has 3 aliphatic rings. The van der Waals surface area contributed by atoms with Crippen molar-refractivity contribution in [3.8, 4) is 5.75 Å². The minimum Gasteiger partial charge on any atom is -0.748 e. The zero-order chi connectivity index (χ0) is 48.2. The number of halogens is 3. The Morgan fingerprint density at radius 1 is 0.969 bits per heavy atom. The Labute approximate surface area is 369 Å². The summed E-state index contributed by atoms with van der Waals surface area (Å²) in [6.45, 7) is 12.6. The Bertz CT molecular complexity index is 2480. The van der Waals surface area contributed by atoms with Crippen molar-refractivity contribution in [3.05, 3.63) is 93.2 Å². The number of alkyl halides is 3. The molecule has 3 atom stereocenters. The summed E-state index contributed by atoms with van der Waals surface area (Å²) in [7, 11) is -3.16. The van der Waals surface area contributed by atoms with E-state index >= 15 is 0 Å². The van der Waals surface area contributed by atoms with Crippen molar-refractivity contribution in [2.24, 2.45) is 17.8 Å². The van der Waals surface area contributed by atoms with Gasteiger partial charge in [-0.25, -0.2) is 26.4 Å². The Hall–Kier alpha value is -5.04. The second kappa shape index (κ2) is 20.0. The van der Waals surface area contributed by atoms with E-state index in [4.69, 9.17) is 40.2 Å². The molecule has 3 aromatic carbocycles. The Morgan fingerprint density at radius 3 is 2.05 bits per heavy atom. The maximum absolute atomic E-state index is 13.7. The number of nitro groups is 1. The van der Waals surface area contributed by atoms with Crippen LogP contribution in [0.5, 0.6) is 5.75 Å². The lowest BCUT2D eigenvalue weighted by atomic mass is 9.74. The third-order valence-corrected chi connectivity index (χ3v) is 11.8. The fourth-order valence-electron chi connectivity index (χ4n) is 7.75. The topological polar surface area (TPSA) is 240 Å². The molecule has 0 aliphatic carbocycles. The third-order valence-electron chi connectivity index (χ3n) is 11.2. The fourth-order valence-corrected chi connectivity index (χ4v) is 7.75. The third kappa shape index (κ3) is 13.0. The summed E-state index contributed by atoms with van der Waals surface area (Å²) in [4.78, 5) is 52.0. The van der Waals surface area contributed by atoms with Crippen molar-refractivity contribution in [1.29, 1.82) is 0 Å². The van der Waals surface area contributed by atoms with Gasteiger partial charge in [0.05, 0.1) is 66.9 Å². The number of nitrogens with zero attached hydrogens (tertiary/aromatic N) is 4. The summed E-state index contributed by atoms with van der Waals surface area (Å²) in [5.41, 5.74) is -4.03. The minimum atomic E-state index is -6.09. The first-order chi connectivity index (χ1) is 29.4. The molecule has 3 aromatic rings. The number of esters is 2. The van der Waals surface area contributed by atoms with Gasteiger partial charge in [-0.3, -0.25) is 14.9 Å². The van der Waals surface area contributed by atoms with Gasteiger partial charge in [-0.05, 0) is 29.5 Å². The number of fused-ring (bicyclic) bond motifs is 2. The van der Waals surface area contributed by atoms with Gasteiger partial charge in [-0.15, -0.1) is 0 Å². The van der Waals surface area contributed by atoms with Crippen LogP contribution in [0.4, 0.5) is 18.9 Å². The van der Waals surface area contributed by atoms with Crippen molar-refractivity contribution in [2.45, 2.75) is 38.9 Å². The van der Waals surface area contributed by atoms with E-state index in [9.17, 15) is 37.7 Å². The second-order valence-corrected chi connectivity index (χ2v) is 19.8. The molecule has 3 heterocycles. The van der Waals surface area contributed by atoms with Gasteiger partial charge in [0.1, 0.15) is 50.8 Å². The molecule has 3 aliphatic heterocycles. The molecule has 0 radical (unpaired) electrons. The molecule has 0 bridgehead atoms. The van der Waals surface area contributed by atoms with Crippen LogP contribution in [0.25, 0.3) is 10.8 Å². The minimum absolute atomic E-state index is 0.0184. The van der Waals surface area contributed by atoms with Crippen molar-refractivity contribution < 1.29 is 81.6 Å². The van der Waals surface area contributed by atoms with E-state index in [2.05, 4.69) is 33.3 Å². The first kappa shape index (κ1) is 51.6. The summed E-state index contributed by atoms with van der Waals surface area (Å²) < 4.78 is 105. The van der Waals surface area contributed by atoms with Gasteiger partial charge in [0.25, 0.3) is 5.69 Å². The molecule has 2 saturated heterocycles. The number of carbonyl (C=O) groups excluding carboxylic acids is 3. The van der Waals surface area contributed by atoms with Crippen LogP contribution in [0, 0.1) is 27.9 Å². The Balaban J connectivity index is 0.000000603. The molecule has 0 aromatic heterocycles. The van der Waals surface area contributed by atoms with Gasteiger partial charge in [0.15, 0.2) is 10.1 Å². The first-order valence-electron chi connectivity index (χ1n) is 19.8. The van der Waals surface area contributed by atoms with E-state index in [1.807, 2.05) is 45.0 Å². The molecule has 0 unspecified atom stereocenters. The molecular formula is C41H51F3N4O14S2. The molecule has 352 valence electrons. The van der Waals surface area contributed by atoms with Crippen LogP contribution in [0.2, 0.25) is 0 Å². The first-order valence-corrected chi connectivity index (χ1v) is 23.0. The summed E-state index contributed by atoms with van der Waals surface area (Å²) in [6, 6.07) is 16.8. The molecule has 2 fully saturated rings. The molecule has 64 heavy (non-hydrogen) atoms. The number of morpholine rings is 1. The number of hydrogen-bond donors (Lipinski definition) is 0. The summed E-state index contributed by atoms with van der Waals surface area (Å²) in [5.74, 6) is -1.88. The average Bonchev–Trinajstić information content (AvgIpc) is 3.42. The smallest absolute Gasteiger partial charge is 0.485 e. The highest BCUT2D eigenvalue weighted by atomic mass is 32.2. The molecule has 6 rings (SSSR count). The normalized spacial score (nSPS) is 19.7. The molecule has 23 heteroatoms. The molecular weight excluding hydrogens is 894 g/mol. The average molecular weight is 945 g/mol. The van der Waals surface area contributed by atoms with Gasteiger partial charge < -0.3 is 37.2 Å². The molecule has 18 nitrogen and oxygen atoms in total. The van der Waals surface area contributed by atoms with E-state index in [0.717, 1.165) is 65.7 Å². The predicted molar refractivity (Wildman–Crippen MR) is 222 cm³/mol. The lowest BCUT2D eigenvalue weighted by Gasteiger charge is -2.47. The van der Waals surface area contributed by atoms with Gasteiger partial charge in [0, 0.05) is 40.8 Å². The number of rotatable bonds is 12. The zero-order valence-electron chi connectivity index (χ0n) is 36.2. The number of ether oxygens (including phenoxy) is 3. The van der Waals surface area contributed by atoms with Crippen LogP contribution < -0.4 is 4.74 Å². The maximum Gasteiger partial charge on any atom is 0.485 e. The van der Waals surface area contributed by atoms with Gasteiger partial charge in [-0.2, -0.15) is 13.2 Å². The van der Waals surface area contributed by atoms with E-state index in [1.54, 1.807) is 0 Å². The maximum atomic E-state index is 13.7. The fraction of sp³-hybridized carbons (Fsp3) is 0.488. The number of hydrogen-bond acceptors (Lipinski definition) is 14. The Morgan fingerprint density at radius 2 is 1.52 bits per heavy atom. The number of nitro benzene ring substituents is 1. The van der Waals surface area contributed by atoms with Gasteiger partial charge in [0.2, 0.25) is 5.91 Å². The largest absolute Gasteiger partial charge is 0.748 e. The number of likely N-dealkylation sites (N-methyl/N-ethyl adjacent to an activating group) is 2. The number of carbonyl (C=O) groups is 3. The van der Waals surface area contributed by atoms with Crippen LogP contribution in [-0.2, 0) is 45.8 Å². The van der Waals surface area contributed by atoms with Crippen LogP contribution in [0.15, 0.2) is 71.9 Å². The quantitative estimate of drug-likeness (QED) is 0.0362. The highest BCUT2D eigenvalue weighted by molar-refractivity contribution is 7.86. The lowest BCUT2D eigenvalue weighted by molar-refractivity contribution is -0.964. The molecule has 0 N–H and O–H groups in total. The highest BCUT2D eigenvalue weighted by Gasteiger charge is 2.59. The summed E-state index contributed by atoms with van der Waals surface area (Å²) >= 11 is 0. The van der Waals surface area contributed by atoms with Crippen LogP contribution in [-0.4, -0.2) is 148 Å².